The van der Waals surface area contributed by atoms with Crippen molar-refractivity contribution < 1.29 is 19.1 Å². The number of nitrogens with one attached hydrogen (secondary N) is 1. The lowest BCUT2D eigenvalue weighted by atomic mass is 9.93. The summed E-state index contributed by atoms with van der Waals surface area (Å²) < 4.78 is 13.1. The largest absolute Gasteiger partial charge is 0.481 e. The molecule has 0 atom stereocenters. The molecule has 0 aromatic carbocycles. The van der Waals surface area contributed by atoms with Gasteiger partial charge in [0.05, 0.1) is 23.7 Å². The number of halogens is 2. The van der Waals surface area contributed by atoms with E-state index in [1.165, 1.54) is 0 Å². The first-order valence-corrected chi connectivity index (χ1v) is 6.65. The minimum atomic E-state index is -0.976. The van der Waals surface area contributed by atoms with Gasteiger partial charge in [-0.2, -0.15) is 0 Å². The number of hydrogen-bond donors (Lipinski definition) is 2. The van der Waals surface area contributed by atoms with Gasteiger partial charge in [-0.3, -0.25) is 9.59 Å². The van der Waals surface area contributed by atoms with Gasteiger partial charge in [0.15, 0.2) is 0 Å². The van der Waals surface area contributed by atoms with Crippen molar-refractivity contribution in [3.05, 3.63) is 28.8 Å². The second-order valence-corrected chi connectivity index (χ2v) is 5.36. The summed E-state index contributed by atoms with van der Waals surface area (Å²) in [5.74, 6) is -2.24. The highest BCUT2D eigenvalue weighted by atomic mass is 35.5. The number of nitrogens with zero attached hydrogens (tertiary/aromatic N) is 1. The Labute approximate surface area is 120 Å². The van der Waals surface area contributed by atoms with Crippen LogP contribution in [0.3, 0.4) is 0 Å². The van der Waals surface area contributed by atoms with E-state index in [4.69, 9.17) is 16.7 Å². The van der Waals surface area contributed by atoms with E-state index in [9.17, 15) is 14.0 Å². The smallest absolute Gasteiger partial charge is 0.305 e. The molecule has 5 nitrogen and oxygen atoms in total. The number of hydrogen-bond acceptors (Lipinski definition) is 3. The van der Waals surface area contributed by atoms with Gasteiger partial charge in [0, 0.05) is 0 Å². The molecule has 1 aliphatic carbocycles. The first-order chi connectivity index (χ1) is 9.42. The number of carbonyl (C=O) groups is 2. The summed E-state index contributed by atoms with van der Waals surface area (Å²) in [4.78, 5) is 26.7. The van der Waals surface area contributed by atoms with E-state index in [2.05, 4.69) is 10.3 Å². The summed E-state index contributed by atoms with van der Waals surface area (Å²) in [5.41, 5.74) is -0.859. The van der Waals surface area contributed by atoms with Crippen LogP contribution in [0.2, 0.25) is 5.15 Å². The predicted molar refractivity (Wildman–Crippen MR) is 70.1 cm³/mol. The van der Waals surface area contributed by atoms with Crippen molar-refractivity contribution in [3.63, 3.8) is 0 Å². The highest BCUT2D eigenvalue weighted by molar-refractivity contribution is 6.32. The van der Waals surface area contributed by atoms with Crippen molar-refractivity contribution in [2.75, 3.05) is 0 Å². The standard InChI is InChI=1S/C13H14ClFN2O3/c14-11-9(5-8(15)7-16-11)12(20)17-13(6-10(18)19)3-1-2-4-13/h5,7H,1-4,6H2,(H,17,20)(H,18,19). The number of pyridine rings is 1. The number of aromatic nitrogens is 1. The fourth-order valence-corrected chi connectivity index (χ4v) is 2.77. The van der Waals surface area contributed by atoms with Crippen LogP contribution < -0.4 is 5.32 Å². The molecular formula is C13H14ClFN2O3. The van der Waals surface area contributed by atoms with Crippen molar-refractivity contribution in [1.29, 1.82) is 0 Å². The monoisotopic (exact) mass is 300 g/mol. The summed E-state index contributed by atoms with van der Waals surface area (Å²) in [5, 5.41) is 11.6. The number of carboxylic acid groups (broad SMARTS) is 1. The molecule has 0 spiro atoms. The van der Waals surface area contributed by atoms with Gasteiger partial charge >= 0.3 is 5.97 Å². The minimum absolute atomic E-state index is 0.0802. The molecule has 7 heteroatoms. The Balaban J connectivity index is 2.20. The van der Waals surface area contributed by atoms with E-state index in [0.717, 1.165) is 25.1 Å². The van der Waals surface area contributed by atoms with E-state index >= 15 is 0 Å². The Morgan fingerprint density at radius 2 is 2.10 bits per heavy atom. The van der Waals surface area contributed by atoms with Crippen LogP contribution in [-0.4, -0.2) is 27.5 Å². The molecule has 2 N–H and O–H groups in total. The van der Waals surface area contributed by atoms with Gasteiger partial charge in [0.25, 0.3) is 5.91 Å². The van der Waals surface area contributed by atoms with Crippen molar-refractivity contribution in [1.82, 2.24) is 10.3 Å². The lowest BCUT2D eigenvalue weighted by Gasteiger charge is -2.28. The Kier molecular flexibility index (Phi) is 4.23. The number of aliphatic carboxylic acids is 1. The lowest BCUT2D eigenvalue weighted by molar-refractivity contribution is -0.138. The SMILES string of the molecule is O=C(O)CC1(NC(=O)c2cc(F)cnc2Cl)CCCC1. The lowest BCUT2D eigenvalue weighted by Crippen LogP contribution is -2.47. The summed E-state index contributed by atoms with van der Waals surface area (Å²) in [7, 11) is 0. The average molecular weight is 301 g/mol. The Bertz CT molecular complexity index is 544. The van der Waals surface area contributed by atoms with Crippen LogP contribution in [0.4, 0.5) is 4.39 Å². The number of rotatable bonds is 4. The fourth-order valence-electron chi connectivity index (χ4n) is 2.58. The Morgan fingerprint density at radius 3 is 2.70 bits per heavy atom. The van der Waals surface area contributed by atoms with Gasteiger partial charge in [-0.25, -0.2) is 9.37 Å². The van der Waals surface area contributed by atoms with Crippen LogP contribution in [0.15, 0.2) is 12.3 Å². The van der Waals surface area contributed by atoms with Gasteiger partial charge in [-0.05, 0) is 18.9 Å². The van der Waals surface area contributed by atoms with Gasteiger partial charge in [0.1, 0.15) is 11.0 Å². The second-order valence-electron chi connectivity index (χ2n) is 5.00. The Morgan fingerprint density at radius 1 is 1.45 bits per heavy atom. The molecule has 0 bridgehead atoms. The molecular weight excluding hydrogens is 287 g/mol. The highest BCUT2D eigenvalue weighted by Gasteiger charge is 2.38. The maximum Gasteiger partial charge on any atom is 0.305 e. The number of carbonyl (C=O) groups excluding carboxylic acids is 1. The third-order valence-electron chi connectivity index (χ3n) is 3.48. The zero-order valence-electron chi connectivity index (χ0n) is 10.7. The van der Waals surface area contributed by atoms with Crippen molar-refractivity contribution in [2.45, 2.75) is 37.6 Å². The molecule has 0 radical (unpaired) electrons. The van der Waals surface area contributed by atoms with Crippen LogP contribution >= 0.6 is 11.6 Å². The van der Waals surface area contributed by atoms with Crippen molar-refractivity contribution >= 4 is 23.5 Å². The van der Waals surface area contributed by atoms with Crippen LogP contribution in [0.5, 0.6) is 0 Å². The van der Waals surface area contributed by atoms with E-state index < -0.39 is 23.2 Å². The van der Waals surface area contributed by atoms with Crippen LogP contribution in [0, 0.1) is 5.82 Å². The zero-order chi connectivity index (χ0) is 14.8. The molecule has 1 amide bonds. The van der Waals surface area contributed by atoms with Crippen LogP contribution in [0.1, 0.15) is 42.5 Å². The van der Waals surface area contributed by atoms with Crippen molar-refractivity contribution in [2.24, 2.45) is 0 Å². The average Bonchev–Trinajstić information content (AvgIpc) is 2.79. The quantitative estimate of drug-likeness (QED) is 0.837. The molecule has 1 aliphatic rings. The molecule has 108 valence electrons. The topological polar surface area (TPSA) is 79.3 Å². The molecule has 0 aliphatic heterocycles. The van der Waals surface area contributed by atoms with E-state index in [-0.39, 0.29) is 17.1 Å². The molecule has 1 fully saturated rings. The predicted octanol–water partition coefficient (Wildman–Crippen LogP) is 2.39. The molecule has 0 saturated heterocycles. The van der Waals surface area contributed by atoms with Crippen LogP contribution in [0.25, 0.3) is 0 Å². The molecule has 1 aromatic heterocycles. The van der Waals surface area contributed by atoms with Gasteiger partial charge in [0.2, 0.25) is 0 Å². The Hall–Kier alpha value is -1.69. The van der Waals surface area contributed by atoms with Gasteiger partial charge < -0.3 is 10.4 Å². The number of carboxylic acids is 1. The summed E-state index contributed by atoms with van der Waals surface area (Å²) >= 11 is 5.77. The van der Waals surface area contributed by atoms with Gasteiger partial charge in [-0.1, -0.05) is 24.4 Å². The highest BCUT2D eigenvalue weighted by Crippen LogP contribution is 2.33. The molecule has 20 heavy (non-hydrogen) atoms. The van der Waals surface area contributed by atoms with Crippen molar-refractivity contribution in [3.8, 4) is 0 Å². The maximum atomic E-state index is 13.1. The number of amides is 1. The molecule has 1 heterocycles. The summed E-state index contributed by atoms with van der Waals surface area (Å²) in [6.07, 6.45) is 3.64. The first-order valence-electron chi connectivity index (χ1n) is 6.27. The molecule has 1 aromatic rings. The molecule has 0 unspecified atom stereocenters. The third-order valence-corrected chi connectivity index (χ3v) is 3.78. The fraction of sp³-hybridized carbons (Fsp3) is 0.462. The second kappa shape index (κ2) is 5.75. The third kappa shape index (κ3) is 3.25. The van der Waals surface area contributed by atoms with E-state index in [1.807, 2.05) is 0 Å². The molecule has 2 rings (SSSR count). The minimum Gasteiger partial charge on any atom is -0.481 e. The molecule has 1 saturated carbocycles. The maximum absolute atomic E-state index is 13.1. The first kappa shape index (κ1) is 14.7. The normalized spacial score (nSPS) is 16.9. The van der Waals surface area contributed by atoms with E-state index in [1.54, 1.807) is 0 Å². The van der Waals surface area contributed by atoms with E-state index in [0.29, 0.717) is 12.8 Å². The van der Waals surface area contributed by atoms with Gasteiger partial charge in [-0.15, -0.1) is 0 Å². The summed E-state index contributed by atoms with van der Waals surface area (Å²) in [6, 6.07) is 0.994. The zero-order valence-corrected chi connectivity index (χ0v) is 11.4. The van der Waals surface area contributed by atoms with Crippen LogP contribution in [-0.2, 0) is 4.79 Å². The summed E-state index contributed by atoms with van der Waals surface area (Å²) in [6.45, 7) is 0.